The molecule has 2 aromatic rings. The molecule has 0 spiro atoms. The molecule has 0 saturated carbocycles. The van der Waals surface area contributed by atoms with Gasteiger partial charge in [0.15, 0.2) is 0 Å². The molecule has 0 unspecified atom stereocenters. The summed E-state index contributed by atoms with van der Waals surface area (Å²) in [5, 5.41) is 3.90. The highest BCUT2D eigenvalue weighted by Crippen LogP contribution is 2.25. The van der Waals surface area contributed by atoms with Crippen LogP contribution in [0.1, 0.15) is 28.5 Å². The quantitative estimate of drug-likeness (QED) is 0.843. The first-order valence-corrected chi connectivity index (χ1v) is 6.38. The van der Waals surface area contributed by atoms with Crippen LogP contribution in [-0.4, -0.2) is 16.9 Å². The third-order valence-corrected chi connectivity index (χ3v) is 3.27. The van der Waals surface area contributed by atoms with Crippen LogP contribution >= 0.6 is 11.5 Å². The lowest BCUT2D eigenvalue weighted by atomic mass is 10.2. The summed E-state index contributed by atoms with van der Waals surface area (Å²) in [5.41, 5.74) is 2.22. The Hall–Kier alpha value is -1.82. The van der Waals surface area contributed by atoms with Gasteiger partial charge in [-0.05, 0) is 31.4 Å². The molecule has 96 valence electrons. The zero-order chi connectivity index (χ0) is 13.0. The Morgan fingerprint density at radius 1 is 1.61 bits per heavy atom. The normalized spacial score (nSPS) is 10.3. The number of esters is 1. The minimum Gasteiger partial charge on any atom is -0.472 e. The lowest BCUT2D eigenvalue weighted by molar-refractivity contribution is 0.0527. The first-order valence-electron chi connectivity index (χ1n) is 5.60. The summed E-state index contributed by atoms with van der Waals surface area (Å²) in [6.45, 7) is 4.53. The Morgan fingerprint density at radius 3 is 3.11 bits per heavy atom. The van der Waals surface area contributed by atoms with Gasteiger partial charge in [-0.1, -0.05) is 0 Å². The number of furan rings is 1. The average molecular weight is 266 g/mol. The monoisotopic (exact) mass is 266 g/mol. The van der Waals surface area contributed by atoms with Crippen molar-refractivity contribution in [3.8, 4) is 0 Å². The third-order valence-electron chi connectivity index (χ3n) is 2.38. The fourth-order valence-corrected chi connectivity index (χ4v) is 2.29. The van der Waals surface area contributed by atoms with Crippen molar-refractivity contribution in [3.05, 3.63) is 35.4 Å². The summed E-state index contributed by atoms with van der Waals surface area (Å²) < 4.78 is 14.2. The van der Waals surface area contributed by atoms with Gasteiger partial charge >= 0.3 is 5.97 Å². The van der Waals surface area contributed by atoms with Crippen LogP contribution in [0.4, 0.5) is 5.00 Å². The fourth-order valence-electron chi connectivity index (χ4n) is 1.51. The van der Waals surface area contributed by atoms with Crippen LogP contribution in [0, 0.1) is 6.92 Å². The molecule has 6 heteroatoms. The molecule has 0 amide bonds. The first-order chi connectivity index (χ1) is 8.72. The van der Waals surface area contributed by atoms with Crippen molar-refractivity contribution in [2.24, 2.45) is 0 Å². The fraction of sp³-hybridized carbons (Fsp3) is 0.333. The van der Waals surface area contributed by atoms with Gasteiger partial charge in [-0.2, -0.15) is 4.37 Å². The maximum absolute atomic E-state index is 11.8. The van der Waals surface area contributed by atoms with Gasteiger partial charge < -0.3 is 14.5 Å². The number of aromatic nitrogens is 1. The molecule has 0 radical (unpaired) electrons. The van der Waals surface area contributed by atoms with Gasteiger partial charge in [0.2, 0.25) is 0 Å². The second-order valence-electron chi connectivity index (χ2n) is 3.68. The Bertz CT molecular complexity index is 519. The number of carbonyl (C=O) groups is 1. The standard InChI is InChI=1S/C12H14N2O3S/c1-3-17-12(15)10-8(2)14-18-11(10)13-6-9-4-5-16-7-9/h4-5,7,13H,3,6H2,1-2H3. The highest BCUT2D eigenvalue weighted by Gasteiger charge is 2.19. The number of ether oxygens (including phenoxy) is 1. The number of carbonyl (C=O) groups excluding carboxylic acids is 1. The van der Waals surface area contributed by atoms with Crippen molar-refractivity contribution in [1.82, 2.24) is 4.37 Å². The smallest absolute Gasteiger partial charge is 0.343 e. The first kappa shape index (κ1) is 12.6. The predicted molar refractivity (Wildman–Crippen MR) is 68.8 cm³/mol. The predicted octanol–water partition coefficient (Wildman–Crippen LogP) is 2.83. The molecular weight excluding hydrogens is 252 g/mol. The molecular formula is C12H14N2O3S. The molecule has 0 fully saturated rings. The molecule has 0 atom stereocenters. The molecule has 0 aliphatic heterocycles. The van der Waals surface area contributed by atoms with E-state index >= 15 is 0 Å². The van der Waals surface area contributed by atoms with Crippen LogP contribution in [-0.2, 0) is 11.3 Å². The van der Waals surface area contributed by atoms with Crippen LogP contribution < -0.4 is 5.32 Å². The summed E-state index contributed by atoms with van der Waals surface area (Å²) in [7, 11) is 0. The number of hydrogen-bond acceptors (Lipinski definition) is 6. The van der Waals surface area contributed by atoms with E-state index in [2.05, 4.69) is 9.69 Å². The molecule has 2 heterocycles. The molecule has 1 N–H and O–H groups in total. The van der Waals surface area contributed by atoms with Gasteiger partial charge in [-0.25, -0.2) is 4.79 Å². The van der Waals surface area contributed by atoms with Gasteiger partial charge in [-0.15, -0.1) is 0 Å². The van der Waals surface area contributed by atoms with Crippen LogP contribution in [0.2, 0.25) is 0 Å². The van der Waals surface area contributed by atoms with Crippen molar-refractivity contribution < 1.29 is 13.9 Å². The topological polar surface area (TPSA) is 64.4 Å². The van der Waals surface area contributed by atoms with Gasteiger partial charge in [-0.3, -0.25) is 0 Å². The Labute approximate surface area is 109 Å². The number of aryl methyl sites for hydroxylation is 1. The van der Waals surface area contributed by atoms with Crippen molar-refractivity contribution in [3.63, 3.8) is 0 Å². The lowest BCUT2D eigenvalue weighted by Gasteiger charge is -2.05. The van der Waals surface area contributed by atoms with E-state index in [9.17, 15) is 4.79 Å². The lowest BCUT2D eigenvalue weighted by Crippen LogP contribution is -2.08. The maximum atomic E-state index is 11.8. The molecule has 0 aliphatic carbocycles. The van der Waals surface area contributed by atoms with Crippen LogP contribution in [0.5, 0.6) is 0 Å². The minimum atomic E-state index is -0.335. The Morgan fingerprint density at radius 2 is 2.44 bits per heavy atom. The van der Waals surface area contributed by atoms with Gasteiger partial charge in [0.05, 0.1) is 24.8 Å². The highest BCUT2D eigenvalue weighted by molar-refractivity contribution is 7.10. The zero-order valence-corrected chi connectivity index (χ0v) is 11.0. The van der Waals surface area contributed by atoms with Crippen LogP contribution in [0.3, 0.4) is 0 Å². The third kappa shape index (κ3) is 2.70. The van der Waals surface area contributed by atoms with E-state index < -0.39 is 0 Å². The number of nitrogens with one attached hydrogen (secondary N) is 1. The van der Waals surface area contributed by atoms with E-state index in [1.54, 1.807) is 26.4 Å². The summed E-state index contributed by atoms with van der Waals surface area (Å²) in [6.07, 6.45) is 3.27. The molecule has 0 aromatic carbocycles. The van der Waals surface area contributed by atoms with Crippen molar-refractivity contribution in [2.45, 2.75) is 20.4 Å². The van der Waals surface area contributed by atoms with Gasteiger partial charge in [0.1, 0.15) is 10.6 Å². The highest BCUT2D eigenvalue weighted by atomic mass is 32.1. The van der Waals surface area contributed by atoms with E-state index in [1.165, 1.54) is 11.5 Å². The van der Waals surface area contributed by atoms with Gasteiger partial charge in [0.25, 0.3) is 0 Å². The molecule has 18 heavy (non-hydrogen) atoms. The summed E-state index contributed by atoms with van der Waals surface area (Å²) in [6, 6.07) is 1.87. The second-order valence-corrected chi connectivity index (χ2v) is 4.45. The number of anilines is 1. The van der Waals surface area contributed by atoms with E-state index in [1.807, 2.05) is 6.07 Å². The summed E-state index contributed by atoms with van der Waals surface area (Å²) in [5.74, 6) is -0.335. The van der Waals surface area contributed by atoms with Crippen LogP contribution in [0.15, 0.2) is 23.0 Å². The molecule has 0 bridgehead atoms. The van der Waals surface area contributed by atoms with Crippen molar-refractivity contribution in [2.75, 3.05) is 11.9 Å². The summed E-state index contributed by atoms with van der Waals surface area (Å²) >= 11 is 1.26. The molecule has 5 nitrogen and oxygen atoms in total. The maximum Gasteiger partial charge on any atom is 0.343 e. The number of rotatable bonds is 5. The van der Waals surface area contributed by atoms with Gasteiger partial charge in [0, 0.05) is 12.1 Å². The van der Waals surface area contributed by atoms with Crippen LogP contribution in [0.25, 0.3) is 0 Å². The van der Waals surface area contributed by atoms with Crippen molar-refractivity contribution in [1.29, 1.82) is 0 Å². The second kappa shape index (κ2) is 5.68. The SMILES string of the molecule is CCOC(=O)c1c(C)nsc1NCc1ccoc1. The average Bonchev–Trinajstić information content (AvgIpc) is 2.96. The van der Waals surface area contributed by atoms with E-state index in [0.717, 1.165) is 10.6 Å². The van der Waals surface area contributed by atoms with E-state index in [0.29, 0.717) is 24.4 Å². The van der Waals surface area contributed by atoms with Crippen molar-refractivity contribution >= 4 is 22.5 Å². The zero-order valence-electron chi connectivity index (χ0n) is 10.2. The molecule has 2 rings (SSSR count). The number of nitrogens with zero attached hydrogens (tertiary/aromatic N) is 1. The minimum absolute atomic E-state index is 0.335. The summed E-state index contributed by atoms with van der Waals surface area (Å²) in [4.78, 5) is 11.8. The molecule has 0 aliphatic rings. The Kier molecular flexibility index (Phi) is 3.99. The number of hydrogen-bond donors (Lipinski definition) is 1. The van der Waals surface area contributed by atoms with E-state index in [-0.39, 0.29) is 5.97 Å². The Balaban J connectivity index is 2.10. The van der Waals surface area contributed by atoms with E-state index in [4.69, 9.17) is 9.15 Å². The largest absolute Gasteiger partial charge is 0.472 e. The molecule has 0 saturated heterocycles. The molecule has 2 aromatic heterocycles.